The van der Waals surface area contributed by atoms with E-state index in [-0.39, 0.29) is 46.5 Å². The quantitative estimate of drug-likeness (QED) is 0.392. The van der Waals surface area contributed by atoms with E-state index >= 15 is 0 Å². The number of halogens is 4. The number of ether oxygens (including phenoxy) is 2. The molecule has 0 radical (unpaired) electrons. The lowest BCUT2D eigenvalue weighted by Gasteiger charge is -2.36. The Morgan fingerprint density at radius 1 is 1.18 bits per heavy atom. The second-order valence-electron chi connectivity index (χ2n) is 10.4. The van der Waals surface area contributed by atoms with Crippen molar-refractivity contribution in [2.75, 3.05) is 16.2 Å². The van der Waals surface area contributed by atoms with Crippen LogP contribution in [0.1, 0.15) is 38.7 Å². The summed E-state index contributed by atoms with van der Waals surface area (Å²) in [4.78, 5) is 23.8. The summed E-state index contributed by atoms with van der Waals surface area (Å²) in [5.74, 6) is -2.35. The molecule has 2 aromatic rings. The first-order valence-corrected chi connectivity index (χ1v) is 13.8. The number of amides is 1. The van der Waals surface area contributed by atoms with E-state index in [1.165, 1.54) is 25.1 Å². The van der Waals surface area contributed by atoms with Gasteiger partial charge in [0.1, 0.15) is 17.7 Å². The largest absolute Gasteiger partial charge is 0.486 e. The molecular weight excluding hydrogens is 560 g/mol. The molecule has 40 heavy (non-hydrogen) atoms. The minimum Gasteiger partial charge on any atom is -0.486 e. The van der Waals surface area contributed by atoms with Gasteiger partial charge in [-0.05, 0) is 87.9 Å². The lowest BCUT2D eigenvalue weighted by molar-refractivity contribution is -0.242. The number of hydrogen-bond donors (Lipinski definition) is 2. The van der Waals surface area contributed by atoms with Gasteiger partial charge < -0.3 is 14.6 Å². The molecule has 1 aliphatic carbocycles. The number of carboxylic acids is 1. The van der Waals surface area contributed by atoms with Gasteiger partial charge in [0.15, 0.2) is 0 Å². The first-order valence-electron chi connectivity index (χ1n) is 12.4. The molecule has 1 aliphatic heterocycles. The first-order chi connectivity index (χ1) is 18.5. The lowest BCUT2D eigenvalue weighted by atomic mass is 9.95. The average Bonchev–Trinajstić information content (AvgIpc) is 3.67. The van der Waals surface area contributed by atoms with Gasteiger partial charge in [0, 0.05) is 5.69 Å². The SMILES string of the molecule is Cc1cc(S(=O)(=O)N2CC(CC(C(=O)O)C3CC3)Oc3ccc(NC(=O)OC(C)(C)C(F)(F)F)cc32)ccc1F. The maximum absolute atomic E-state index is 13.9. The summed E-state index contributed by atoms with van der Waals surface area (Å²) in [5, 5.41) is 11.8. The summed E-state index contributed by atoms with van der Waals surface area (Å²) < 4.78 is 92.2. The molecule has 218 valence electrons. The predicted molar refractivity (Wildman–Crippen MR) is 135 cm³/mol. The Morgan fingerprint density at radius 2 is 1.85 bits per heavy atom. The lowest BCUT2D eigenvalue weighted by Crippen LogP contribution is -2.45. The summed E-state index contributed by atoms with van der Waals surface area (Å²) in [6.07, 6.45) is -5.58. The molecule has 1 heterocycles. The van der Waals surface area contributed by atoms with E-state index in [0.29, 0.717) is 13.8 Å². The van der Waals surface area contributed by atoms with Crippen molar-refractivity contribution in [2.45, 2.75) is 62.8 Å². The number of sulfonamides is 1. The van der Waals surface area contributed by atoms with Crippen molar-refractivity contribution in [2.24, 2.45) is 11.8 Å². The molecule has 2 unspecified atom stereocenters. The fourth-order valence-corrected chi connectivity index (χ4v) is 5.94. The highest BCUT2D eigenvalue weighted by Gasteiger charge is 2.51. The van der Waals surface area contributed by atoms with Crippen molar-refractivity contribution < 1.29 is 50.1 Å². The second kappa shape index (κ2) is 10.5. The molecule has 2 aromatic carbocycles. The fourth-order valence-electron chi connectivity index (χ4n) is 4.35. The van der Waals surface area contributed by atoms with Gasteiger partial charge in [-0.3, -0.25) is 14.4 Å². The topological polar surface area (TPSA) is 122 Å². The van der Waals surface area contributed by atoms with Crippen LogP contribution in [-0.4, -0.2) is 50.0 Å². The van der Waals surface area contributed by atoms with Crippen molar-refractivity contribution >= 4 is 33.5 Å². The monoisotopic (exact) mass is 588 g/mol. The molecule has 2 N–H and O–H groups in total. The molecular formula is C26H28F4N2O7S. The Labute approximate surface area is 228 Å². The zero-order valence-corrected chi connectivity index (χ0v) is 22.6. The second-order valence-corrected chi connectivity index (χ2v) is 12.3. The van der Waals surface area contributed by atoms with Gasteiger partial charge >= 0.3 is 18.2 Å². The standard InChI is InChI=1S/C26H28F4N2O7S/c1-14-10-18(7-8-20(14)27)40(36,37)32-13-17(12-19(23(33)34)15-4-5-15)38-22-9-6-16(11-21(22)32)31-24(35)39-25(2,3)26(28,29)30/h6-11,15,17,19H,4-5,12-13H2,1-3H3,(H,31,35)(H,33,34). The van der Waals surface area contributed by atoms with Gasteiger partial charge in [0.05, 0.1) is 23.0 Å². The Bertz CT molecular complexity index is 1420. The summed E-state index contributed by atoms with van der Waals surface area (Å²) in [7, 11) is -4.36. The van der Waals surface area contributed by atoms with E-state index < -0.39 is 51.7 Å². The van der Waals surface area contributed by atoms with Crippen LogP contribution in [0.15, 0.2) is 41.3 Å². The Kier molecular flexibility index (Phi) is 7.69. The van der Waals surface area contributed by atoms with Gasteiger partial charge in [-0.1, -0.05) is 0 Å². The maximum atomic E-state index is 13.9. The normalized spacial score (nSPS) is 18.4. The van der Waals surface area contributed by atoms with Crippen molar-refractivity contribution in [3.63, 3.8) is 0 Å². The number of carboxylic acid groups (broad SMARTS) is 1. The molecule has 2 aliphatic rings. The smallest absolute Gasteiger partial charge is 0.427 e. The fraction of sp³-hybridized carbons (Fsp3) is 0.462. The number of carbonyl (C=O) groups excluding carboxylic acids is 1. The van der Waals surface area contributed by atoms with Gasteiger partial charge in [-0.2, -0.15) is 13.2 Å². The molecule has 1 amide bonds. The molecule has 0 bridgehead atoms. The molecule has 1 saturated carbocycles. The number of aryl methyl sites for hydroxylation is 1. The zero-order valence-electron chi connectivity index (χ0n) is 21.8. The van der Waals surface area contributed by atoms with Crippen LogP contribution in [0.25, 0.3) is 0 Å². The number of anilines is 2. The van der Waals surface area contributed by atoms with Crippen LogP contribution in [-0.2, 0) is 19.6 Å². The molecule has 9 nitrogen and oxygen atoms in total. The van der Waals surface area contributed by atoms with E-state index in [0.717, 1.165) is 35.3 Å². The van der Waals surface area contributed by atoms with Crippen LogP contribution < -0.4 is 14.4 Å². The molecule has 1 fully saturated rings. The molecule has 2 atom stereocenters. The third kappa shape index (κ3) is 6.11. The van der Waals surface area contributed by atoms with E-state index in [4.69, 9.17) is 4.74 Å². The van der Waals surface area contributed by atoms with Crippen LogP contribution in [0.4, 0.5) is 33.7 Å². The number of aliphatic carboxylic acids is 1. The highest BCUT2D eigenvalue weighted by Crippen LogP contribution is 2.44. The minimum absolute atomic E-state index is 0.0345. The third-order valence-electron chi connectivity index (χ3n) is 6.91. The van der Waals surface area contributed by atoms with Gasteiger partial charge in [0.2, 0.25) is 5.60 Å². The minimum atomic E-state index is -4.84. The van der Waals surface area contributed by atoms with Gasteiger partial charge in [-0.25, -0.2) is 17.6 Å². The average molecular weight is 589 g/mol. The zero-order chi connectivity index (χ0) is 29.6. The van der Waals surface area contributed by atoms with Crippen molar-refractivity contribution in [3.05, 3.63) is 47.8 Å². The third-order valence-corrected chi connectivity index (χ3v) is 8.69. The number of carbonyl (C=O) groups is 2. The summed E-state index contributed by atoms with van der Waals surface area (Å²) >= 11 is 0. The summed E-state index contributed by atoms with van der Waals surface area (Å²) in [6.45, 7) is 2.46. The van der Waals surface area contributed by atoms with Crippen LogP contribution in [0.5, 0.6) is 5.75 Å². The number of nitrogens with one attached hydrogen (secondary N) is 1. The molecule has 0 saturated heterocycles. The molecule has 14 heteroatoms. The van der Waals surface area contributed by atoms with Crippen LogP contribution >= 0.6 is 0 Å². The van der Waals surface area contributed by atoms with Crippen LogP contribution in [0.2, 0.25) is 0 Å². The van der Waals surface area contributed by atoms with E-state index in [9.17, 15) is 40.7 Å². The highest BCUT2D eigenvalue weighted by molar-refractivity contribution is 7.92. The number of nitrogens with zero attached hydrogens (tertiary/aromatic N) is 1. The van der Waals surface area contributed by atoms with Crippen LogP contribution in [0, 0.1) is 24.6 Å². The van der Waals surface area contributed by atoms with Gasteiger partial charge in [-0.15, -0.1) is 0 Å². The molecule has 0 aromatic heterocycles. The van der Waals surface area contributed by atoms with Crippen LogP contribution in [0.3, 0.4) is 0 Å². The Balaban J connectivity index is 1.68. The number of hydrogen-bond acceptors (Lipinski definition) is 6. The molecule has 4 rings (SSSR count). The van der Waals surface area contributed by atoms with Gasteiger partial charge in [0.25, 0.3) is 10.0 Å². The Hall–Kier alpha value is -3.55. The highest BCUT2D eigenvalue weighted by atomic mass is 32.2. The Morgan fingerprint density at radius 3 is 2.42 bits per heavy atom. The van der Waals surface area contributed by atoms with E-state index in [1.807, 2.05) is 0 Å². The first kappa shape index (κ1) is 29.4. The summed E-state index contributed by atoms with van der Waals surface area (Å²) in [5.41, 5.74) is -2.85. The summed E-state index contributed by atoms with van der Waals surface area (Å²) in [6, 6.07) is 7.03. The maximum Gasteiger partial charge on any atom is 0.427 e. The van der Waals surface area contributed by atoms with Crippen molar-refractivity contribution in [1.82, 2.24) is 0 Å². The molecule has 0 spiro atoms. The number of benzene rings is 2. The number of fused-ring (bicyclic) bond motifs is 1. The number of rotatable bonds is 8. The van der Waals surface area contributed by atoms with E-state index in [2.05, 4.69) is 10.1 Å². The van der Waals surface area contributed by atoms with Crippen molar-refractivity contribution in [1.29, 1.82) is 0 Å². The van der Waals surface area contributed by atoms with Crippen molar-refractivity contribution in [3.8, 4) is 5.75 Å². The predicted octanol–water partition coefficient (Wildman–Crippen LogP) is 5.48. The van der Waals surface area contributed by atoms with E-state index in [1.54, 1.807) is 0 Å². The number of alkyl halides is 3.